The first-order chi connectivity index (χ1) is 15.0. The molecule has 2 unspecified atom stereocenters. The maximum atomic E-state index is 10.3. The molecule has 0 spiro atoms. The van der Waals surface area contributed by atoms with Crippen molar-refractivity contribution in [1.29, 1.82) is 0 Å². The highest BCUT2D eigenvalue weighted by Crippen LogP contribution is 2.35. The average Bonchev–Trinajstić information content (AvgIpc) is 2.75. The number of aliphatic hydroxyl groups is 4. The summed E-state index contributed by atoms with van der Waals surface area (Å²) in [4.78, 5) is 0. The highest BCUT2D eigenvalue weighted by molar-refractivity contribution is 5.45. The van der Waals surface area contributed by atoms with E-state index in [2.05, 4.69) is 0 Å². The molecule has 2 rings (SSSR count). The van der Waals surface area contributed by atoms with Gasteiger partial charge in [0.05, 0.1) is 51.8 Å². The van der Waals surface area contributed by atoms with Gasteiger partial charge in [-0.05, 0) is 62.1 Å². The van der Waals surface area contributed by atoms with Crippen LogP contribution in [-0.4, -0.2) is 60.1 Å². The van der Waals surface area contributed by atoms with Crippen molar-refractivity contribution in [3.63, 3.8) is 0 Å². The summed E-state index contributed by atoms with van der Waals surface area (Å²) < 4.78 is 16.7. The van der Waals surface area contributed by atoms with E-state index in [-0.39, 0.29) is 13.2 Å². The summed E-state index contributed by atoms with van der Waals surface area (Å²) in [5.74, 6) is 1.05. The molecular formula is C24H34O7. The summed E-state index contributed by atoms with van der Waals surface area (Å²) in [6.45, 7) is 4.91. The van der Waals surface area contributed by atoms with Crippen LogP contribution in [0, 0.1) is 0 Å². The van der Waals surface area contributed by atoms with Crippen molar-refractivity contribution < 1.29 is 34.6 Å². The number of rotatable bonds is 14. The van der Waals surface area contributed by atoms with Gasteiger partial charge in [-0.3, -0.25) is 0 Å². The van der Waals surface area contributed by atoms with Crippen molar-refractivity contribution in [1.82, 2.24) is 0 Å². The molecule has 7 heteroatoms. The molecule has 0 saturated carbocycles. The summed E-state index contributed by atoms with van der Waals surface area (Å²) in [6, 6.07) is 11.2. The molecule has 0 fully saturated rings. The first kappa shape index (κ1) is 25.3. The summed E-state index contributed by atoms with van der Waals surface area (Å²) in [7, 11) is 0. The number of benzene rings is 2. The van der Waals surface area contributed by atoms with Crippen LogP contribution in [0.2, 0.25) is 0 Å². The second-order valence-corrected chi connectivity index (χ2v) is 7.37. The Bertz CT molecular complexity index is 724. The van der Waals surface area contributed by atoms with Gasteiger partial charge in [-0.15, -0.1) is 0 Å². The Hall–Kier alpha value is -2.00. The van der Waals surface area contributed by atoms with Crippen molar-refractivity contribution in [3.8, 4) is 11.5 Å². The lowest BCUT2D eigenvalue weighted by Gasteiger charge is -2.19. The van der Waals surface area contributed by atoms with Crippen LogP contribution in [0.5, 0.6) is 11.5 Å². The van der Waals surface area contributed by atoms with E-state index in [1.807, 2.05) is 36.4 Å². The minimum Gasteiger partial charge on any atom is -0.457 e. The molecular weight excluding hydrogens is 400 g/mol. The van der Waals surface area contributed by atoms with Gasteiger partial charge in [0.2, 0.25) is 0 Å². The fourth-order valence-corrected chi connectivity index (χ4v) is 3.18. The predicted octanol–water partition coefficient (Wildman–Crippen LogP) is 2.69. The molecule has 31 heavy (non-hydrogen) atoms. The third kappa shape index (κ3) is 8.22. The van der Waals surface area contributed by atoms with Crippen LogP contribution in [0.15, 0.2) is 36.4 Å². The van der Waals surface area contributed by atoms with Crippen LogP contribution in [-0.2, 0) is 22.3 Å². The molecule has 2 atom stereocenters. The molecule has 0 radical (unpaired) electrons. The average molecular weight is 435 g/mol. The lowest BCUT2D eigenvalue weighted by Crippen LogP contribution is -2.06. The minimum atomic E-state index is -0.730. The highest BCUT2D eigenvalue weighted by Gasteiger charge is 2.16. The highest BCUT2D eigenvalue weighted by atomic mass is 16.5. The van der Waals surface area contributed by atoms with Crippen molar-refractivity contribution >= 4 is 0 Å². The van der Waals surface area contributed by atoms with Crippen molar-refractivity contribution in [2.24, 2.45) is 0 Å². The summed E-state index contributed by atoms with van der Waals surface area (Å²) in [5.41, 5.74) is 3.29. The zero-order valence-electron chi connectivity index (χ0n) is 18.3. The van der Waals surface area contributed by atoms with Gasteiger partial charge in [0.25, 0.3) is 0 Å². The molecule has 7 nitrogen and oxygen atoms in total. The Morgan fingerprint density at radius 2 is 1.10 bits per heavy atom. The quantitative estimate of drug-likeness (QED) is 0.339. The predicted molar refractivity (Wildman–Crippen MR) is 117 cm³/mol. The van der Waals surface area contributed by atoms with Gasteiger partial charge >= 0.3 is 0 Å². The van der Waals surface area contributed by atoms with E-state index in [9.17, 15) is 10.2 Å². The fraction of sp³-hybridized carbons (Fsp3) is 0.500. The van der Waals surface area contributed by atoms with Crippen LogP contribution >= 0.6 is 0 Å². The van der Waals surface area contributed by atoms with Crippen molar-refractivity contribution in [2.45, 2.75) is 38.9 Å². The van der Waals surface area contributed by atoms with Crippen molar-refractivity contribution in [2.75, 3.05) is 39.6 Å². The molecule has 0 bridgehead atoms. The van der Waals surface area contributed by atoms with Crippen LogP contribution < -0.4 is 4.74 Å². The van der Waals surface area contributed by atoms with E-state index < -0.39 is 12.2 Å². The largest absolute Gasteiger partial charge is 0.457 e. The molecule has 2 aromatic rings. The Morgan fingerprint density at radius 3 is 1.45 bits per heavy atom. The number of hydrogen-bond donors (Lipinski definition) is 4. The third-order valence-corrected chi connectivity index (χ3v) is 4.81. The molecule has 0 saturated heterocycles. The molecule has 0 aliphatic carbocycles. The number of hydrogen-bond acceptors (Lipinski definition) is 7. The normalized spacial score (nSPS) is 13.2. The van der Waals surface area contributed by atoms with E-state index >= 15 is 0 Å². The molecule has 0 aliphatic heterocycles. The molecule has 0 heterocycles. The van der Waals surface area contributed by atoms with Gasteiger partial charge in [-0.1, -0.05) is 12.1 Å². The lowest BCUT2D eigenvalue weighted by molar-refractivity contribution is 0.0944. The van der Waals surface area contributed by atoms with Gasteiger partial charge in [-0.2, -0.15) is 0 Å². The second-order valence-electron chi connectivity index (χ2n) is 7.37. The maximum absolute atomic E-state index is 10.3. The van der Waals surface area contributed by atoms with Crippen LogP contribution in [0.25, 0.3) is 0 Å². The Morgan fingerprint density at radius 1 is 0.677 bits per heavy atom. The van der Waals surface area contributed by atoms with Gasteiger partial charge in [-0.25, -0.2) is 0 Å². The van der Waals surface area contributed by atoms with E-state index in [1.165, 1.54) is 0 Å². The van der Waals surface area contributed by atoms with Crippen LogP contribution in [0.3, 0.4) is 0 Å². The van der Waals surface area contributed by atoms with Gasteiger partial charge < -0.3 is 34.6 Å². The molecule has 4 N–H and O–H groups in total. The second kappa shape index (κ2) is 13.4. The van der Waals surface area contributed by atoms with E-state index in [1.54, 1.807) is 13.8 Å². The molecule has 2 aromatic carbocycles. The van der Waals surface area contributed by atoms with E-state index in [4.69, 9.17) is 24.4 Å². The summed E-state index contributed by atoms with van der Waals surface area (Å²) in [5, 5.41) is 38.1. The monoisotopic (exact) mass is 434 g/mol. The first-order valence-electron chi connectivity index (χ1n) is 10.6. The summed E-state index contributed by atoms with van der Waals surface area (Å²) in [6.07, 6.45) is -0.143. The van der Waals surface area contributed by atoms with Gasteiger partial charge in [0.15, 0.2) is 0 Å². The standard InChI is InChI=1S/C24H34O7/c1-17(27)21-15-19(7-11-29-13-9-25)3-5-23(21)31-24-6-4-20(8-12-30-14-10-26)16-22(24)18(2)28/h3-6,15-18,25-28H,7-14H2,1-2H3. The number of aliphatic hydroxyl groups excluding tert-OH is 4. The molecule has 0 aliphatic rings. The van der Waals surface area contributed by atoms with Gasteiger partial charge in [0, 0.05) is 11.1 Å². The Kier molecular flexibility index (Phi) is 10.9. The van der Waals surface area contributed by atoms with E-state index in [0.717, 1.165) is 11.1 Å². The Balaban J connectivity index is 2.17. The lowest BCUT2D eigenvalue weighted by atomic mass is 10.0. The first-order valence-corrected chi connectivity index (χ1v) is 10.6. The fourth-order valence-electron chi connectivity index (χ4n) is 3.18. The zero-order valence-corrected chi connectivity index (χ0v) is 18.3. The van der Waals surface area contributed by atoms with Gasteiger partial charge in [0.1, 0.15) is 11.5 Å². The van der Waals surface area contributed by atoms with Crippen molar-refractivity contribution in [3.05, 3.63) is 58.7 Å². The SMILES string of the molecule is CC(O)c1cc(CCOCCO)ccc1Oc1ccc(CCOCCO)cc1C(C)O. The van der Waals surface area contributed by atoms with Crippen LogP contribution in [0.4, 0.5) is 0 Å². The third-order valence-electron chi connectivity index (χ3n) is 4.81. The molecule has 172 valence electrons. The summed E-state index contributed by atoms with van der Waals surface area (Å²) >= 11 is 0. The number of ether oxygens (including phenoxy) is 3. The zero-order chi connectivity index (χ0) is 22.6. The smallest absolute Gasteiger partial charge is 0.133 e. The maximum Gasteiger partial charge on any atom is 0.133 e. The minimum absolute atomic E-state index is 0.00815. The van der Waals surface area contributed by atoms with Crippen LogP contribution in [0.1, 0.15) is 48.3 Å². The Labute approximate surface area is 183 Å². The topological polar surface area (TPSA) is 109 Å². The molecule has 0 aromatic heterocycles. The molecule has 0 amide bonds. The van der Waals surface area contributed by atoms with E-state index in [0.29, 0.717) is 61.9 Å².